The molecule has 0 radical (unpaired) electrons. The second-order valence-electron chi connectivity index (χ2n) is 3.42. The zero-order chi connectivity index (χ0) is 8.55. The summed E-state index contributed by atoms with van der Waals surface area (Å²) in [6.45, 7) is 2.23. The molecule has 0 amide bonds. The molecule has 0 aromatic carbocycles. The Hall–Kier alpha value is -0.310. The van der Waals surface area contributed by atoms with Crippen molar-refractivity contribution in [2.24, 2.45) is 5.92 Å². The van der Waals surface area contributed by atoms with Gasteiger partial charge in [-0.1, -0.05) is 22.9 Å². The van der Waals surface area contributed by atoms with Gasteiger partial charge in [-0.3, -0.25) is 0 Å². The van der Waals surface area contributed by atoms with E-state index in [1.165, 1.54) is 12.8 Å². The van der Waals surface area contributed by atoms with E-state index in [-0.39, 0.29) is 0 Å². The molecular weight excluding hydrogens is 218 g/mol. The lowest BCUT2D eigenvalue weighted by atomic mass is 10.0. The molecule has 1 atom stereocenters. The molecular formula is C9H12BrNO. The van der Waals surface area contributed by atoms with Crippen LogP contribution in [0.2, 0.25) is 0 Å². The predicted molar refractivity (Wildman–Crippen MR) is 50.3 cm³/mol. The monoisotopic (exact) mass is 229 g/mol. The van der Waals surface area contributed by atoms with E-state index in [0.29, 0.717) is 5.92 Å². The summed E-state index contributed by atoms with van der Waals surface area (Å²) in [5, 5.41) is 0.801. The largest absolute Gasteiger partial charge is 0.448 e. The van der Waals surface area contributed by atoms with Crippen molar-refractivity contribution in [3.8, 4) is 0 Å². The quantitative estimate of drug-likeness (QED) is 0.745. The maximum atomic E-state index is 5.38. The molecule has 12 heavy (non-hydrogen) atoms. The molecule has 1 aromatic rings. The van der Waals surface area contributed by atoms with Crippen LogP contribution < -0.4 is 0 Å². The van der Waals surface area contributed by atoms with Gasteiger partial charge in [-0.25, -0.2) is 4.98 Å². The fourth-order valence-corrected chi connectivity index (χ4v) is 1.98. The Morgan fingerprint density at radius 2 is 2.50 bits per heavy atom. The SMILES string of the molecule is CC(c1ocnc1CBr)C1CC1. The molecule has 0 N–H and O–H groups in total. The van der Waals surface area contributed by atoms with Crippen LogP contribution >= 0.6 is 15.9 Å². The van der Waals surface area contributed by atoms with Crippen LogP contribution in [0.25, 0.3) is 0 Å². The summed E-state index contributed by atoms with van der Waals surface area (Å²) in [4.78, 5) is 4.15. The first kappa shape index (κ1) is 8.30. The van der Waals surface area contributed by atoms with Crippen LogP contribution in [0.3, 0.4) is 0 Å². The molecule has 3 heteroatoms. The van der Waals surface area contributed by atoms with Gasteiger partial charge in [0.15, 0.2) is 6.39 Å². The van der Waals surface area contributed by atoms with Crippen LogP contribution in [0.15, 0.2) is 10.8 Å². The number of oxazole rings is 1. The predicted octanol–water partition coefficient (Wildman–Crippen LogP) is 3.08. The van der Waals surface area contributed by atoms with E-state index in [0.717, 1.165) is 22.7 Å². The molecule has 0 saturated heterocycles. The van der Waals surface area contributed by atoms with E-state index in [1.807, 2.05) is 0 Å². The van der Waals surface area contributed by atoms with Crippen molar-refractivity contribution in [1.82, 2.24) is 4.98 Å². The molecule has 1 fully saturated rings. The minimum absolute atomic E-state index is 0.556. The summed E-state index contributed by atoms with van der Waals surface area (Å²) in [5.41, 5.74) is 1.06. The smallest absolute Gasteiger partial charge is 0.181 e. The van der Waals surface area contributed by atoms with Crippen molar-refractivity contribution >= 4 is 15.9 Å². The van der Waals surface area contributed by atoms with Crippen molar-refractivity contribution in [1.29, 1.82) is 0 Å². The molecule has 0 spiro atoms. The fraction of sp³-hybridized carbons (Fsp3) is 0.667. The highest BCUT2D eigenvalue weighted by atomic mass is 79.9. The highest BCUT2D eigenvalue weighted by Gasteiger charge is 2.32. The number of rotatable bonds is 3. The standard InChI is InChI=1S/C9H12BrNO/c1-6(7-2-3-7)9-8(4-10)11-5-12-9/h5-7H,2-4H2,1H3. The first-order valence-corrected chi connectivity index (χ1v) is 5.43. The van der Waals surface area contributed by atoms with Gasteiger partial charge < -0.3 is 4.42 Å². The molecule has 1 unspecified atom stereocenters. The molecule has 1 aliphatic rings. The van der Waals surface area contributed by atoms with Gasteiger partial charge in [0.25, 0.3) is 0 Å². The normalized spacial score (nSPS) is 19.5. The number of hydrogen-bond acceptors (Lipinski definition) is 2. The zero-order valence-corrected chi connectivity index (χ0v) is 8.67. The average molecular weight is 230 g/mol. The van der Waals surface area contributed by atoms with Crippen molar-refractivity contribution in [2.75, 3.05) is 0 Å². The number of aromatic nitrogens is 1. The lowest BCUT2D eigenvalue weighted by Gasteiger charge is -2.06. The Bertz CT molecular complexity index is 267. The highest BCUT2D eigenvalue weighted by Crippen LogP contribution is 2.43. The molecule has 1 heterocycles. The molecule has 0 aliphatic heterocycles. The van der Waals surface area contributed by atoms with Gasteiger partial charge >= 0.3 is 0 Å². The summed E-state index contributed by atoms with van der Waals surface area (Å²) in [6.07, 6.45) is 4.25. The van der Waals surface area contributed by atoms with Crippen molar-refractivity contribution in [3.63, 3.8) is 0 Å². The van der Waals surface area contributed by atoms with E-state index < -0.39 is 0 Å². The average Bonchev–Trinajstić information content (AvgIpc) is 2.82. The van der Waals surface area contributed by atoms with E-state index in [4.69, 9.17) is 4.42 Å². The molecule has 0 bridgehead atoms. The van der Waals surface area contributed by atoms with Crippen LogP contribution in [0.1, 0.15) is 37.1 Å². The van der Waals surface area contributed by atoms with Gasteiger partial charge in [0.05, 0.1) is 5.69 Å². The summed E-state index contributed by atoms with van der Waals surface area (Å²) in [7, 11) is 0. The first-order valence-electron chi connectivity index (χ1n) is 4.31. The molecule has 2 rings (SSSR count). The lowest BCUT2D eigenvalue weighted by Crippen LogP contribution is -1.97. The minimum Gasteiger partial charge on any atom is -0.448 e. The zero-order valence-electron chi connectivity index (χ0n) is 7.09. The van der Waals surface area contributed by atoms with Gasteiger partial charge in [0.1, 0.15) is 5.76 Å². The summed E-state index contributed by atoms with van der Waals surface area (Å²) < 4.78 is 5.38. The third-order valence-electron chi connectivity index (χ3n) is 2.54. The maximum absolute atomic E-state index is 5.38. The van der Waals surface area contributed by atoms with E-state index >= 15 is 0 Å². The molecule has 2 nitrogen and oxygen atoms in total. The van der Waals surface area contributed by atoms with E-state index in [9.17, 15) is 0 Å². The third kappa shape index (κ3) is 1.42. The molecule has 1 aromatic heterocycles. The van der Waals surface area contributed by atoms with Crippen LogP contribution in [-0.2, 0) is 5.33 Å². The molecule has 66 valence electrons. The van der Waals surface area contributed by atoms with Crippen molar-refractivity contribution < 1.29 is 4.42 Å². The van der Waals surface area contributed by atoms with Crippen LogP contribution in [0.5, 0.6) is 0 Å². The van der Waals surface area contributed by atoms with Gasteiger partial charge in [0.2, 0.25) is 0 Å². The second kappa shape index (κ2) is 3.21. The Balaban J connectivity index is 2.19. The number of alkyl halides is 1. The van der Waals surface area contributed by atoms with Gasteiger partial charge in [0, 0.05) is 11.2 Å². The molecule has 1 aliphatic carbocycles. The second-order valence-corrected chi connectivity index (χ2v) is 3.98. The van der Waals surface area contributed by atoms with E-state index in [2.05, 4.69) is 27.8 Å². The van der Waals surface area contributed by atoms with Crippen LogP contribution in [0.4, 0.5) is 0 Å². The highest BCUT2D eigenvalue weighted by molar-refractivity contribution is 9.08. The number of halogens is 1. The van der Waals surface area contributed by atoms with Crippen molar-refractivity contribution in [2.45, 2.75) is 31.0 Å². The summed E-state index contributed by atoms with van der Waals surface area (Å²) >= 11 is 3.40. The Morgan fingerprint density at radius 3 is 3.08 bits per heavy atom. The molecule has 1 saturated carbocycles. The first-order chi connectivity index (χ1) is 5.83. The Labute approximate surface area is 80.5 Å². The Morgan fingerprint density at radius 1 is 1.75 bits per heavy atom. The minimum atomic E-state index is 0.556. The van der Waals surface area contributed by atoms with Crippen molar-refractivity contribution in [3.05, 3.63) is 17.8 Å². The number of nitrogens with zero attached hydrogens (tertiary/aromatic N) is 1. The van der Waals surface area contributed by atoms with Gasteiger partial charge in [-0.05, 0) is 18.8 Å². The summed E-state index contributed by atoms with van der Waals surface area (Å²) in [6, 6.07) is 0. The fourth-order valence-electron chi connectivity index (χ4n) is 1.56. The van der Waals surface area contributed by atoms with Gasteiger partial charge in [-0.15, -0.1) is 0 Å². The summed E-state index contributed by atoms with van der Waals surface area (Å²) in [5.74, 6) is 2.48. The maximum Gasteiger partial charge on any atom is 0.181 e. The Kier molecular flexibility index (Phi) is 2.22. The van der Waals surface area contributed by atoms with Crippen LogP contribution in [0, 0.1) is 5.92 Å². The lowest BCUT2D eigenvalue weighted by molar-refractivity contribution is 0.447. The third-order valence-corrected chi connectivity index (χ3v) is 3.07. The number of hydrogen-bond donors (Lipinski definition) is 0. The topological polar surface area (TPSA) is 26.0 Å². The van der Waals surface area contributed by atoms with Crippen LogP contribution in [-0.4, -0.2) is 4.98 Å². The van der Waals surface area contributed by atoms with E-state index in [1.54, 1.807) is 6.39 Å². The van der Waals surface area contributed by atoms with Gasteiger partial charge in [-0.2, -0.15) is 0 Å².